The molecule has 0 aliphatic carbocycles. The summed E-state index contributed by atoms with van der Waals surface area (Å²) in [6.45, 7) is 6.88. The van der Waals surface area contributed by atoms with Crippen LogP contribution in [0.5, 0.6) is 0 Å². The fourth-order valence-electron chi connectivity index (χ4n) is 2.53. The van der Waals surface area contributed by atoms with Crippen molar-refractivity contribution >= 4 is 11.6 Å². The predicted octanol–water partition coefficient (Wildman–Crippen LogP) is 4.06. The molecule has 114 valence electrons. The summed E-state index contributed by atoms with van der Waals surface area (Å²) in [6.07, 6.45) is 3.06. The van der Waals surface area contributed by atoms with Crippen LogP contribution in [0.25, 0.3) is 0 Å². The van der Waals surface area contributed by atoms with Gasteiger partial charge in [-0.15, -0.1) is 0 Å². The van der Waals surface area contributed by atoms with E-state index in [1.54, 1.807) is 13.2 Å². The van der Waals surface area contributed by atoms with Crippen LogP contribution in [0.3, 0.4) is 0 Å². The van der Waals surface area contributed by atoms with Crippen molar-refractivity contribution in [1.82, 2.24) is 5.32 Å². The minimum atomic E-state index is -0.283. The monoisotopic (exact) mass is 301 g/mol. The second kappa shape index (κ2) is 8.60. The lowest BCUT2D eigenvalue weighted by molar-refractivity contribution is 0.190. The number of methoxy groups -OCH3 is 1. The summed E-state index contributed by atoms with van der Waals surface area (Å²) in [5, 5.41) is 3.94. The van der Waals surface area contributed by atoms with Gasteiger partial charge >= 0.3 is 0 Å². The minimum Gasteiger partial charge on any atom is -0.383 e. The maximum Gasteiger partial charge on any atom is 0.124 e. The molecular weight excluding hydrogens is 277 g/mol. The van der Waals surface area contributed by atoms with Gasteiger partial charge in [-0.3, -0.25) is 0 Å². The van der Waals surface area contributed by atoms with E-state index in [-0.39, 0.29) is 11.2 Å². The topological polar surface area (TPSA) is 21.3 Å². The van der Waals surface area contributed by atoms with Crippen LogP contribution in [-0.4, -0.2) is 26.8 Å². The second-order valence-corrected chi connectivity index (χ2v) is 6.05. The Hall–Kier alpha value is -0.640. The van der Waals surface area contributed by atoms with Gasteiger partial charge in [0.2, 0.25) is 0 Å². The number of hydrogen-bond donors (Lipinski definition) is 1. The molecule has 1 aromatic carbocycles. The summed E-state index contributed by atoms with van der Waals surface area (Å²) >= 11 is 6.14. The highest BCUT2D eigenvalue weighted by molar-refractivity contribution is 6.31. The Labute approximate surface area is 126 Å². The van der Waals surface area contributed by atoms with Crippen LogP contribution in [0.2, 0.25) is 5.02 Å². The number of rotatable bonds is 9. The van der Waals surface area contributed by atoms with Gasteiger partial charge in [-0.2, -0.15) is 0 Å². The first-order valence-corrected chi connectivity index (χ1v) is 7.52. The summed E-state index contributed by atoms with van der Waals surface area (Å²) in [5.41, 5.74) is 1.13. The molecule has 0 radical (unpaired) electrons. The predicted molar refractivity (Wildman–Crippen MR) is 82.9 cm³/mol. The van der Waals surface area contributed by atoms with Crippen molar-refractivity contribution in [2.45, 2.75) is 33.1 Å². The van der Waals surface area contributed by atoms with Crippen molar-refractivity contribution in [3.63, 3.8) is 0 Å². The average Bonchev–Trinajstić information content (AvgIpc) is 2.39. The van der Waals surface area contributed by atoms with Gasteiger partial charge < -0.3 is 10.1 Å². The van der Waals surface area contributed by atoms with Crippen LogP contribution in [-0.2, 0) is 11.2 Å². The number of benzene rings is 1. The Kier molecular flexibility index (Phi) is 7.49. The lowest BCUT2D eigenvalue weighted by Gasteiger charge is -2.30. The molecule has 1 aromatic rings. The summed E-state index contributed by atoms with van der Waals surface area (Å²) in [4.78, 5) is 0. The fraction of sp³-hybridized carbons (Fsp3) is 0.625. The van der Waals surface area contributed by atoms with Crippen LogP contribution in [0.1, 0.15) is 32.3 Å². The molecule has 20 heavy (non-hydrogen) atoms. The Bertz CT molecular complexity index is 413. The van der Waals surface area contributed by atoms with Crippen molar-refractivity contribution in [1.29, 1.82) is 0 Å². The van der Waals surface area contributed by atoms with Gasteiger partial charge in [-0.1, -0.05) is 37.9 Å². The SMILES string of the molecule is CCCC(C)(CNCCOC)Cc1ccc(F)cc1Cl. The van der Waals surface area contributed by atoms with Crippen LogP contribution < -0.4 is 5.32 Å². The highest BCUT2D eigenvalue weighted by atomic mass is 35.5. The van der Waals surface area contributed by atoms with Gasteiger partial charge in [-0.25, -0.2) is 4.39 Å². The zero-order valence-electron chi connectivity index (χ0n) is 12.6. The molecule has 0 aromatic heterocycles. The van der Waals surface area contributed by atoms with Crippen molar-refractivity contribution in [2.75, 3.05) is 26.8 Å². The molecule has 0 aliphatic heterocycles. The zero-order valence-corrected chi connectivity index (χ0v) is 13.4. The first kappa shape index (κ1) is 17.4. The lowest BCUT2D eigenvalue weighted by atomic mass is 9.79. The molecule has 0 heterocycles. The summed E-state index contributed by atoms with van der Waals surface area (Å²) < 4.78 is 18.1. The fourth-order valence-corrected chi connectivity index (χ4v) is 2.77. The number of hydrogen-bond acceptors (Lipinski definition) is 2. The average molecular weight is 302 g/mol. The third-order valence-electron chi connectivity index (χ3n) is 3.52. The second-order valence-electron chi connectivity index (χ2n) is 5.64. The van der Waals surface area contributed by atoms with Gasteiger partial charge in [0.1, 0.15) is 5.82 Å². The van der Waals surface area contributed by atoms with Crippen LogP contribution in [0, 0.1) is 11.2 Å². The van der Waals surface area contributed by atoms with Gasteiger partial charge in [0.15, 0.2) is 0 Å². The first-order chi connectivity index (χ1) is 9.50. The molecule has 1 unspecified atom stereocenters. The van der Waals surface area contributed by atoms with E-state index in [1.165, 1.54) is 12.1 Å². The number of halogens is 2. The molecule has 0 amide bonds. The molecule has 0 aliphatic rings. The van der Waals surface area contributed by atoms with Gasteiger partial charge in [0, 0.05) is 25.2 Å². The molecule has 2 nitrogen and oxygen atoms in total. The van der Waals surface area contributed by atoms with Crippen LogP contribution >= 0.6 is 11.6 Å². The molecule has 0 fully saturated rings. The maximum atomic E-state index is 13.1. The van der Waals surface area contributed by atoms with E-state index in [0.29, 0.717) is 11.6 Å². The van der Waals surface area contributed by atoms with Gasteiger partial charge in [-0.05, 0) is 36.0 Å². The van der Waals surface area contributed by atoms with Crippen molar-refractivity contribution in [3.05, 3.63) is 34.6 Å². The highest BCUT2D eigenvalue weighted by Gasteiger charge is 2.24. The molecule has 1 rings (SSSR count). The van der Waals surface area contributed by atoms with E-state index in [4.69, 9.17) is 16.3 Å². The Balaban J connectivity index is 2.69. The van der Waals surface area contributed by atoms with Gasteiger partial charge in [0.25, 0.3) is 0 Å². The van der Waals surface area contributed by atoms with E-state index in [9.17, 15) is 4.39 Å². The van der Waals surface area contributed by atoms with E-state index >= 15 is 0 Å². The summed E-state index contributed by atoms with van der Waals surface area (Å²) in [7, 11) is 1.70. The molecule has 1 atom stereocenters. The summed E-state index contributed by atoms with van der Waals surface area (Å²) in [5.74, 6) is -0.283. The number of nitrogens with one attached hydrogen (secondary N) is 1. The highest BCUT2D eigenvalue weighted by Crippen LogP contribution is 2.31. The Morgan fingerprint density at radius 3 is 2.75 bits per heavy atom. The van der Waals surface area contributed by atoms with E-state index in [2.05, 4.69) is 19.2 Å². The Morgan fingerprint density at radius 1 is 1.40 bits per heavy atom. The smallest absolute Gasteiger partial charge is 0.124 e. The Morgan fingerprint density at radius 2 is 2.15 bits per heavy atom. The van der Waals surface area contributed by atoms with E-state index in [1.807, 2.05) is 0 Å². The normalized spacial score (nSPS) is 14.2. The minimum absolute atomic E-state index is 0.115. The van der Waals surface area contributed by atoms with Crippen LogP contribution in [0.4, 0.5) is 4.39 Å². The third kappa shape index (κ3) is 5.78. The molecule has 0 saturated carbocycles. The summed E-state index contributed by atoms with van der Waals surface area (Å²) in [6, 6.07) is 4.66. The molecule has 0 spiro atoms. The first-order valence-electron chi connectivity index (χ1n) is 7.14. The zero-order chi connectivity index (χ0) is 15.0. The molecule has 0 saturated heterocycles. The van der Waals surface area contributed by atoms with Crippen molar-refractivity contribution < 1.29 is 9.13 Å². The van der Waals surface area contributed by atoms with E-state index < -0.39 is 0 Å². The maximum absolute atomic E-state index is 13.1. The third-order valence-corrected chi connectivity index (χ3v) is 3.87. The van der Waals surface area contributed by atoms with Crippen molar-refractivity contribution in [3.8, 4) is 0 Å². The quantitative estimate of drug-likeness (QED) is 0.694. The standard InChI is InChI=1S/C16H25ClFNO/c1-4-7-16(2,12-19-8-9-20-3)11-13-5-6-14(18)10-15(13)17/h5-6,10,19H,4,7-9,11-12H2,1-3H3. The van der Waals surface area contributed by atoms with Crippen molar-refractivity contribution in [2.24, 2.45) is 5.41 Å². The number of ether oxygens (including phenoxy) is 1. The van der Waals surface area contributed by atoms with Gasteiger partial charge in [0.05, 0.1) is 6.61 Å². The molecular formula is C16H25ClFNO. The molecule has 4 heteroatoms. The lowest BCUT2D eigenvalue weighted by Crippen LogP contribution is -2.35. The largest absolute Gasteiger partial charge is 0.383 e. The molecule has 0 bridgehead atoms. The van der Waals surface area contributed by atoms with E-state index in [0.717, 1.165) is 37.9 Å². The van der Waals surface area contributed by atoms with Crippen LogP contribution in [0.15, 0.2) is 18.2 Å². The molecule has 1 N–H and O–H groups in total.